The topological polar surface area (TPSA) is 19.7 Å². The summed E-state index contributed by atoms with van der Waals surface area (Å²) >= 11 is 0. The number of aromatic nitrogens is 2. The molecule has 1 heterocycles. The lowest BCUT2D eigenvalue weighted by Gasteiger charge is -1.66. The lowest BCUT2D eigenvalue weighted by Crippen LogP contribution is -2.27. The van der Waals surface area contributed by atoms with E-state index in [-0.39, 0.29) is 0 Å². The Morgan fingerprint density at radius 1 is 1.88 bits per heavy atom. The molecule has 2 nitrogen and oxygen atoms in total. The quantitative estimate of drug-likeness (QED) is 0.350. The third kappa shape index (κ3) is 0.710. The molecule has 1 rings (SSSR count). The number of hydrogen-bond donors (Lipinski definition) is 1. The van der Waals surface area contributed by atoms with Gasteiger partial charge < -0.3 is 0 Å². The van der Waals surface area contributed by atoms with E-state index in [1.54, 1.807) is 10.9 Å². The first-order valence-corrected chi connectivity index (χ1v) is 2.33. The molecule has 8 heavy (non-hydrogen) atoms. The van der Waals surface area contributed by atoms with Gasteiger partial charge in [-0.05, 0) is 0 Å². The number of rotatable bonds is 0. The van der Waals surface area contributed by atoms with Crippen molar-refractivity contribution in [1.29, 1.82) is 0 Å². The molecule has 0 atom stereocenters. The van der Waals surface area contributed by atoms with E-state index < -0.39 is 0 Å². The standard InChI is InChI=1S/C6H6N2/c1-3-6-4-7-8(2)5-6/h1,4-5H,2H3/p+1. The van der Waals surface area contributed by atoms with Crippen LogP contribution in [0.2, 0.25) is 0 Å². The molecule has 1 aromatic heterocycles. The van der Waals surface area contributed by atoms with Gasteiger partial charge in [0.15, 0.2) is 7.05 Å². The molecule has 0 radical (unpaired) electrons. The number of nitrogens with zero attached hydrogens (tertiary/aromatic N) is 1. The highest BCUT2D eigenvalue weighted by Gasteiger charge is 1.93. The molecule has 1 N–H and O–H groups in total. The van der Waals surface area contributed by atoms with Crippen molar-refractivity contribution < 1.29 is 4.68 Å². The molecular weight excluding hydrogens is 100 g/mol. The lowest BCUT2D eigenvalue weighted by atomic mass is 10.4. The molecule has 0 spiro atoms. The number of hydrogen-bond acceptors (Lipinski definition) is 0. The summed E-state index contributed by atoms with van der Waals surface area (Å²) in [7, 11) is 1.89. The fraction of sp³-hybridized carbons (Fsp3) is 0.167. The van der Waals surface area contributed by atoms with Gasteiger partial charge in [0.25, 0.3) is 0 Å². The monoisotopic (exact) mass is 107 g/mol. The molecule has 0 saturated carbocycles. The maximum atomic E-state index is 5.08. The maximum Gasteiger partial charge on any atom is 0.210 e. The average molecular weight is 107 g/mol. The van der Waals surface area contributed by atoms with Gasteiger partial charge in [0.05, 0.1) is 6.20 Å². The normalized spacial score (nSPS) is 8.50. The summed E-state index contributed by atoms with van der Waals surface area (Å²) < 4.78 is 1.80. The highest BCUT2D eigenvalue weighted by Crippen LogP contribution is 1.84. The SMILES string of the molecule is C#Cc1c[nH][n+](C)c1. The molecule has 1 aromatic rings. The van der Waals surface area contributed by atoms with Crippen LogP contribution in [0.15, 0.2) is 12.4 Å². The molecule has 40 valence electrons. The third-order valence-electron chi connectivity index (χ3n) is 0.923. The highest BCUT2D eigenvalue weighted by atomic mass is 15.2. The summed E-state index contributed by atoms with van der Waals surface area (Å²) in [6.45, 7) is 0. The van der Waals surface area contributed by atoms with Crippen LogP contribution in [0, 0.1) is 12.3 Å². The average Bonchev–Trinajstić information content (AvgIpc) is 2.14. The van der Waals surface area contributed by atoms with E-state index in [2.05, 4.69) is 11.0 Å². The first kappa shape index (κ1) is 4.92. The van der Waals surface area contributed by atoms with Crippen LogP contribution in [0.5, 0.6) is 0 Å². The Labute approximate surface area is 48.1 Å². The minimum Gasteiger partial charge on any atom is -0.172 e. The van der Waals surface area contributed by atoms with Gasteiger partial charge in [-0.3, -0.25) is 0 Å². The summed E-state index contributed by atoms with van der Waals surface area (Å²) in [5.74, 6) is 2.50. The van der Waals surface area contributed by atoms with Gasteiger partial charge >= 0.3 is 0 Å². The van der Waals surface area contributed by atoms with Gasteiger partial charge in [-0.2, -0.15) is 5.10 Å². The van der Waals surface area contributed by atoms with Crippen molar-refractivity contribution in [2.75, 3.05) is 0 Å². The number of terminal acetylenes is 1. The largest absolute Gasteiger partial charge is 0.210 e. The molecule has 0 aliphatic rings. The molecule has 0 unspecified atom stereocenters. The Morgan fingerprint density at radius 3 is 2.88 bits per heavy atom. The lowest BCUT2D eigenvalue weighted by molar-refractivity contribution is -0.726. The number of H-pyrrole nitrogens is 1. The molecule has 0 saturated heterocycles. The van der Waals surface area contributed by atoms with Crippen LogP contribution in [0.3, 0.4) is 0 Å². The van der Waals surface area contributed by atoms with Crippen LogP contribution < -0.4 is 4.68 Å². The van der Waals surface area contributed by atoms with Gasteiger partial charge in [0.2, 0.25) is 6.20 Å². The second-order valence-corrected chi connectivity index (χ2v) is 1.61. The van der Waals surface area contributed by atoms with Crippen LogP contribution in [0.1, 0.15) is 5.56 Å². The van der Waals surface area contributed by atoms with Gasteiger partial charge in [-0.15, -0.1) is 11.1 Å². The Bertz CT molecular complexity index is 217. The van der Waals surface area contributed by atoms with E-state index in [0.29, 0.717) is 0 Å². The van der Waals surface area contributed by atoms with Crippen molar-refractivity contribution in [3.8, 4) is 12.3 Å². The summed E-state index contributed by atoms with van der Waals surface area (Å²) in [4.78, 5) is 0. The molecule has 0 bridgehead atoms. The van der Waals surface area contributed by atoms with Gasteiger partial charge in [-0.25, -0.2) is 0 Å². The molecule has 0 aromatic carbocycles. The van der Waals surface area contributed by atoms with E-state index in [1.807, 2.05) is 13.2 Å². The van der Waals surface area contributed by atoms with Crippen LogP contribution in [-0.2, 0) is 7.05 Å². The van der Waals surface area contributed by atoms with Crippen molar-refractivity contribution >= 4 is 0 Å². The van der Waals surface area contributed by atoms with Crippen LogP contribution >= 0.6 is 0 Å². The van der Waals surface area contributed by atoms with Crippen molar-refractivity contribution in [2.24, 2.45) is 7.05 Å². The Balaban J connectivity index is 3.05. The molecule has 0 fully saturated rings. The highest BCUT2D eigenvalue weighted by molar-refractivity contribution is 5.23. The summed E-state index contributed by atoms with van der Waals surface area (Å²) in [5, 5.41) is 2.89. The zero-order valence-electron chi connectivity index (χ0n) is 4.68. The number of aromatic amines is 1. The molecular formula is C6H7N2+. The second-order valence-electron chi connectivity index (χ2n) is 1.61. The first-order chi connectivity index (χ1) is 3.83. The predicted octanol–water partition coefficient (Wildman–Crippen LogP) is -0.180. The Morgan fingerprint density at radius 2 is 2.62 bits per heavy atom. The maximum absolute atomic E-state index is 5.08. The summed E-state index contributed by atoms with van der Waals surface area (Å²) in [6.07, 6.45) is 8.70. The molecule has 0 amide bonds. The van der Waals surface area contributed by atoms with Crippen molar-refractivity contribution in [1.82, 2.24) is 5.10 Å². The Kier molecular flexibility index (Phi) is 1.05. The van der Waals surface area contributed by atoms with Crippen LogP contribution in [0.4, 0.5) is 0 Å². The predicted molar refractivity (Wildman–Crippen MR) is 29.9 cm³/mol. The van der Waals surface area contributed by atoms with Crippen LogP contribution in [-0.4, -0.2) is 5.10 Å². The summed E-state index contributed by atoms with van der Waals surface area (Å²) in [6, 6.07) is 0. The zero-order chi connectivity index (χ0) is 5.98. The van der Waals surface area contributed by atoms with Gasteiger partial charge in [0, 0.05) is 0 Å². The molecule has 0 aliphatic carbocycles. The minimum absolute atomic E-state index is 0.882. The van der Waals surface area contributed by atoms with Gasteiger partial charge in [-0.1, -0.05) is 5.92 Å². The van der Waals surface area contributed by atoms with E-state index in [9.17, 15) is 0 Å². The molecule has 0 aliphatic heterocycles. The smallest absolute Gasteiger partial charge is 0.172 e. The number of nitrogens with one attached hydrogen (secondary N) is 1. The third-order valence-corrected chi connectivity index (χ3v) is 0.923. The minimum atomic E-state index is 0.882. The first-order valence-electron chi connectivity index (χ1n) is 2.33. The fourth-order valence-electron chi connectivity index (χ4n) is 0.533. The summed E-state index contributed by atoms with van der Waals surface area (Å²) in [5.41, 5.74) is 0.882. The van der Waals surface area contributed by atoms with Crippen molar-refractivity contribution in [2.45, 2.75) is 0 Å². The van der Waals surface area contributed by atoms with Crippen molar-refractivity contribution in [3.05, 3.63) is 18.0 Å². The fourth-order valence-corrected chi connectivity index (χ4v) is 0.533. The van der Waals surface area contributed by atoms with Crippen LogP contribution in [0.25, 0.3) is 0 Å². The zero-order valence-corrected chi connectivity index (χ0v) is 4.68. The molecule has 2 heteroatoms. The Hall–Kier alpha value is -1.23. The second kappa shape index (κ2) is 1.71. The van der Waals surface area contributed by atoms with Crippen molar-refractivity contribution in [3.63, 3.8) is 0 Å². The van der Waals surface area contributed by atoms with E-state index >= 15 is 0 Å². The van der Waals surface area contributed by atoms with E-state index in [1.165, 1.54) is 0 Å². The van der Waals surface area contributed by atoms with E-state index in [0.717, 1.165) is 5.56 Å². The number of aryl methyl sites for hydroxylation is 1. The van der Waals surface area contributed by atoms with E-state index in [4.69, 9.17) is 6.42 Å². The van der Waals surface area contributed by atoms with Gasteiger partial charge in [0.1, 0.15) is 5.56 Å².